The zero-order chi connectivity index (χ0) is 28.3. The van der Waals surface area contributed by atoms with Crippen molar-refractivity contribution in [3.63, 3.8) is 0 Å². The van der Waals surface area contributed by atoms with Crippen LogP contribution < -0.4 is 0 Å². The van der Waals surface area contributed by atoms with Gasteiger partial charge in [0.25, 0.3) is 0 Å². The van der Waals surface area contributed by atoms with Crippen molar-refractivity contribution in [3.8, 4) is 39.9 Å². The minimum atomic E-state index is 0.608. The highest BCUT2D eigenvalue weighted by molar-refractivity contribution is 6.34. The van der Waals surface area contributed by atoms with Crippen LogP contribution in [0.5, 0.6) is 0 Å². The van der Waals surface area contributed by atoms with Gasteiger partial charge in [-0.15, -0.1) is 0 Å². The van der Waals surface area contributed by atoms with Gasteiger partial charge in [-0.3, -0.25) is 4.57 Å². The van der Waals surface area contributed by atoms with Crippen molar-refractivity contribution in [2.24, 2.45) is 0 Å². The molecule has 0 aliphatic rings. The Bertz CT molecular complexity index is 2340. The van der Waals surface area contributed by atoms with E-state index < -0.39 is 0 Å². The molecule has 7 aromatic carbocycles. The predicted molar refractivity (Wildman–Crippen MR) is 177 cm³/mol. The summed E-state index contributed by atoms with van der Waals surface area (Å²) in [5.41, 5.74) is 6.41. The number of nitrogens with zero attached hydrogens (tertiary/aromatic N) is 4. The van der Waals surface area contributed by atoms with Crippen molar-refractivity contribution >= 4 is 43.4 Å². The standard InChI is InChI=1S/C39H24N4/c1-3-11-25(12-4-1)26-21-23-28(24-22-26)38-40-37(27-13-5-2-6-14-27)41-39(42-38)43-33-19-9-17-31-29-15-7-8-16-30(29)32-18-10-20-34(43)36(32)35(31)33/h1-24H. The maximum absolute atomic E-state index is 5.14. The van der Waals surface area contributed by atoms with E-state index >= 15 is 0 Å². The first-order chi connectivity index (χ1) is 21.3. The molecule has 0 saturated heterocycles. The third kappa shape index (κ3) is 3.67. The minimum absolute atomic E-state index is 0.608. The molecule has 4 heteroatoms. The fraction of sp³-hybridized carbons (Fsp3) is 0. The van der Waals surface area contributed by atoms with Crippen molar-refractivity contribution in [3.05, 3.63) is 146 Å². The number of benzene rings is 7. The Kier molecular flexibility index (Phi) is 5.16. The van der Waals surface area contributed by atoms with Crippen molar-refractivity contribution in [1.29, 1.82) is 0 Å². The topological polar surface area (TPSA) is 43.6 Å². The smallest absolute Gasteiger partial charge is 0.238 e. The van der Waals surface area contributed by atoms with Gasteiger partial charge in [0.05, 0.1) is 11.0 Å². The van der Waals surface area contributed by atoms with Gasteiger partial charge in [0.2, 0.25) is 5.95 Å². The van der Waals surface area contributed by atoms with Gasteiger partial charge in [-0.2, -0.15) is 9.97 Å². The van der Waals surface area contributed by atoms with Gasteiger partial charge in [0.15, 0.2) is 11.6 Å². The van der Waals surface area contributed by atoms with Crippen LogP contribution >= 0.6 is 0 Å². The number of rotatable bonds is 4. The second kappa shape index (κ2) is 9.33. The van der Waals surface area contributed by atoms with E-state index in [9.17, 15) is 0 Å². The molecule has 0 aliphatic carbocycles. The van der Waals surface area contributed by atoms with E-state index in [1.54, 1.807) is 0 Å². The maximum atomic E-state index is 5.14. The quantitative estimate of drug-likeness (QED) is 0.206. The molecule has 200 valence electrons. The number of aromatic nitrogens is 4. The fourth-order valence-corrected chi connectivity index (χ4v) is 6.48. The SMILES string of the molecule is c1ccc(-c2ccc(-c3nc(-c4ccccc4)nc(-n4c5cccc6c7ccccc7c7cccc4c7c65)n3)cc2)cc1. The molecule has 2 heterocycles. The molecule has 0 spiro atoms. The van der Waals surface area contributed by atoms with Gasteiger partial charge in [-0.1, -0.05) is 133 Å². The summed E-state index contributed by atoms with van der Waals surface area (Å²) < 4.78 is 2.21. The van der Waals surface area contributed by atoms with Crippen LogP contribution in [0.1, 0.15) is 0 Å². The molecule has 2 aromatic heterocycles. The molecule has 0 saturated carbocycles. The zero-order valence-corrected chi connectivity index (χ0v) is 23.1. The van der Waals surface area contributed by atoms with Gasteiger partial charge >= 0.3 is 0 Å². The average molecular weight is 549 g/mol. The molecule has 0 fully saturated rings. The first-order valence-corrected chi connectivity index (χ1v) is 14.5. The van der Waals surface area contributed by atoms with Crippen LogP contribution in [0.2, 0.25) is 0 Å². The molecule has 0 aliphatic heterocycles. The summed E-state index contributed by atoms with van der Waals surface area (Å²) >= 11 is 0. The normalized spacial score (nSPS) is 11.7. The lowest BCUT2D eigenvalue weighted by atomic mass is 9.95. The monoisotopic (exact) mass is 548 g/mol. The summed E-state index contributed by atoms with van der Waals surface area (Å²) in [6.07, 6.45) is 0. The maximum Gasteiger partial charge on any atom is 0.238 e. The Balaban J connectivity index is 1.32. The number of hydrogen-bond acceptors (Lipinski definition) is 3. The lowest BCUT2D eigenvalue weighted by molar-refractivity contribution is 0.954. The van der Waals surface area contributed by atoms with E-state index in [1.165, 1.54) is 37.9 Å². The Morgan fingerprint density at radius 3 is 1.30 bits per heavy atom. The van der Waals surface area contributed by atoms with Gasteiger partial charge in [0, 0.05) is 21.9 Å². The van der Waals surface area contributed by atoms with Crippen molar-refractivity contribution in [2.45, 2.75) is 0 Å². The predicted octanol–water partition coefficient (Wildman–Crippen LogP) is 9.71. The molecule has 0 N–H and O–H groups in total. The highest BCUT2D eigenvalue weighted by atomic mass is 15.2. The molecule has 43 heavy (non-hydrogen) atoms. The molecule has 9 rings (SSSR count). The largest absolute Gasteiger partial charge is 0.278 e. The molecule has 0 bridgehead atoms. The number of hydrogen-bond donors (Lipinski definition) is 0. The van der Waals surface area contributed by atoms with Gasteiger partial charge in [-0.25, -0.2) is 4.98 Å². The lowest BCUT2D eigenvalue weighted by Gasteiger charge is -2.11. The van der Waals surface area contributed by atoms with Crippen molar-refractivity contribution in [2.75, 3.05) is 0 Å². The van der Waals surface area contributed by atoms with Crippen LogP contribution in [0, 0.1) is 0 Å². The molecular weight excluding hydrogens is 524 g/mol. The second-order valence-electron chi connectivity index (χ2n) is 10.9. The molecule has 0 atom stereocenters. The van der Waals surface area contributed by atoms with Crippen LogP contribution in [0.15, 0.2) is 146 Å². The third-order valence-electron chi connectivity index (χ3n) is 8.43. The van der Waals surface area contributed by atoms with Crippen molar-refractivity contribution in [1.82, 2.24) is 19.5 Å². The van der Waals surface area contributed by atoms with E-state index in [2.05, 4.69) is 114 Å². The first-order valence-electron chi connectivity index (χ1n) is 14.5. The molecule has 0 radical (unpaired) electrons. The first kappa shape index (κ1) is 23.8. The van der Waals surface area contributed by atoms with Crippen molar-refractivity contribution < 1.29 is 0 Å². The van der Waals surface area contributed by atoms with Gasteiger partial charge in [-0.05, 0) is 44.8 Å². The highest BCUT2D eigenvalue weighted by Crippen LogP contribution is 2.43. The van der Waals surface area contributed by atoms with E-state index in [-0.39, 0.29) is 0 Å². The summed E-state index contributed by atoms with van der Waals surface area (Å²) in [7, 11) is 0. The van der Waals surface area contributed by atoms with Crippen LogP contribution in [-0.2, 0) is 0 Å². The molecule has 4 nitrogen and oxygen atoms in total. The van der Waals surface area contributed by atoms with E-state index in [0.29, 0.717) is 17.6 Å². The Labute approximate surface area is 247 Å². The molecule has 0 amide bonds. The summed E-state index contributed by atoms with van der Waals surface area (Å²) in [5.74, 6) is 1.90. The molecule has 0 unspecified atom stereocenters. The molecule has 9 aromatic rings. The van der Waals surface area contributed by atoms with Crippen LogP contribution in [-0.4, -0.2) is 19.5 Å². The summed E-state index contributed by atoms with van der Waals surface area (Å²) in [5, 5.41) is 7.47. The Morgan fingerprint density at radius 2 is 0.744 bits per heavy atom. The minimum Gasteiger partial charge on any atom is -0.278 e. The van der Waals surface area contributed by atoms with Crippen LogP contribution in [0.25, 0.3) is 83.2 Å². The average Bonchev–Trinajstić information content (AvgIpc) is 3.44. The van der Waals surface area contributed by atoms with Gasteiger partial charge < -0.3 is 0 Å². The van der Waals surface area contributed by atoms with Crippen LogP contribution in [0.3, 0.4) is 0 Å². The fourth-order valence-electron chi connectivity index (χ4n) is 6.48. The number of fused-ring (bicyclic) bond motifs is 3. The third-order valence-corrected chi connectivity index (χ3v) is 8.43. The van der Waals surface area contributed by atoms with E-state index in [1.807, 2.05) is 36.4 Å². The highest BCUT2D eigenvalue weighted by Gasteiger charge is 2.21. The molecular formula is C39H24N4. The van der Waals surface area contributed by atoms with E-state index in [4.69, 9.17) is 15.0 Å². The second-order valence-corrected chi connectivity index (χ2v) is 10.9. The Hall–Kier alpha value is -5.87. The Morgan fingerprint density at radius 1 is 0.326 bits per heavy atom. The van der Waals surface area contributed by atoms with Gasteiger partial charge in [0.1, 0.15) is 0 Å². The summed E-state index contributed by atoms with van der Waals surface area (Å²) in [6.45, 7) is 0. The lowest BCUT2D eigenvalue weighted by Crippen LogP contribution is -2.06. The van der Waals surface area contributed by atoms with E-state index in [0.717, 1.165) is 27.7 Å². The zero-order valence-electron chi connectivity index (χ0n) is 23.1. The van der Waals surface area contributed by atoms with Crippen LogP contribution in [0.4, 0.5) is 0 Å². The summed E-state index contributed by atoms with van der Waals surface area (Å²) in [6, 6.07) is 50.8. The summed E-state index contributed by atoms with van der Waals surface area (Å²) in [4.78, 5) is 15.2.